The van der Waals surface area contributed by atoms with Gasteiger partial charge in [-0.2, -0.15) is 0 Å². The normalized spacial score (nSPS) is 9.93. The van der Waals surface area contributed by atoms with Gasteiger partial charge in [0.2, 0.25) is 0 Å². The SMILES string of the molecule is C=C(C)c1cc(C)cc(C(=C)C)c1O. The molecule has 0 amide bonds. The van der Waals surface area contributed by atoms with Crippen molar-refractivity contribution < 1.29 is 5.11 Å². The van der Waals surface area contributed by atoms with E-state index in [9.17, 15) is 5.11 Å². The van der Waals surface area contributed by atoms with Crippen LogP contribution in [0.5, 0.6) is 5.75 Å². The van der Waals surface area contributed by atoms with Crippen LogP contribution in [0.15, 0.2) is 25.3 Å². The van der Waals surface area contributed by atoms with Crippen molar-refractivity contribution in [1.82, 2.24) is 0 Å². The minimum absolute atomic E-state index is 0.288. The third kappa shape index (κ3) is 1.87. The molecule has 0 fully saturated rings. The Balaban J connectivity index is 3.47. The van der Waals surface area contributed by atoms with Crippen LogP contribution in [-0.2, 0) is 0 Å². The van der Waals surface area contributed by atoms with Crippen molar-refractivity contribution in [2.75, 3.05) is 0 Å². The third-order valence-electron chi connectivity index (χ3n) is 2.17. The van der Waals surface area contributed by atoms with Crippen LogP contribution in [0.25, 0.3) is 11.1 Å². The zero-order valence-electron chi connectivity index (χ0n) is 9.02. The lowest BCUT2D eigenvalue weighted by Gasteiger charge is -2.11. The molecule has 14 heavy (non-hydrogen) atoms. The molecule has 1 heteroatoms. The van der Waals surface area contributed by atoms with Crippen LogP contribution in [0.2, 0.25) is 0 Å². The molecule has 74 valence electrons. The van der Waals surface area contributed by atoms with Gasteiger partial charge in [-0.1, -0.05) is 13.2 Å². The van der Waals surface area contributed by atoms with Crippen LogP contribution in [0.4, 0.5) is 0 Å². The summed E-state index contributed by atoms with van der Waals surface area (Å²) < 4.78 is 0. The number of phenolic OH excluding ortho intramolecular Hbond substituents is 1. The van der Waals surface area contributed by atoms with Gasteiger partial charge in [-0.15, -0.1) is 0 Å². The Labute approximate surface area is 85.4 Å². The van der Waals surface area contributed by atoms with Gasteiger partial charge in [-0.25, -0.2) is 0 Å². The minimum atomic E-state index is 0.288. The first-order valence-electron chi connectivity index (χ1n) is 4.59. The number of benzene rings is 1. The third-order valence-corrected chi connectivity index (χ3v) is 2.17. The first-order valence-corrected chi connectivity index (χ1v) is 4.59. The summed E-state index contributed by atoms with van der Waals surface area (Å²) in [6, 6.07) is 3.87. The van der Waals surface area contributed by atoms with E-state index in [-0.39, 0.29) is 5.75 Å². The summed E-state index contributed by atoms with van der Waals surface area (Å²) in [5.74, 6) is 0.288. The number of aryl methyl sites for hydroxylation is 1. The molecular weight excluding hydrogens is 172 g/mol. The summed E-state index contributed by atoms with van der Waals surface area (Å²) in [4.78, 5) is 0. The molecule has 0 aliphatic rings. The zero-order valence-corrected chi connectivity index (χ0v) is 9.02. The minimum Gasteiger partial charge on any atom is -0.507 e. The van der Waals surface area contributed by atoms with E-state index in [1.54, 1.807) is 0 Å². The van der Waals surface area contributed by atoms with Gasteiger partial charge in [0.1, 0.15) is 5.75 Å². The number of phenols is 1. The number of hydrogen-bond donors (Lipinski definition) is 1. The average Bonchev–Trinajstić information content (AvgIpc) is 2.07. The maximum atomic E-state index is 9.93. The fourth-order valence-corrected chi connectivity index (χ4v) is 1.43. The Morgan fingerprint density at radius 1 is 1.07 bits per heavy atom. The molecule has 0 spiro atoms. The van der Waals surface area contributed by atoms with Gasteiger partial charge in [0.15, 0.2) is 0 Å². The molecule has 0 unspecified atom stereocenters. The molecule has 1 aromatic rings. The molecule has 0 heterocycles. The molecular formula is C13H16O. The second-order valence-electron chi connectivity index (χ2n) is 3.77. The van der Waals surface area contributed by atoms with E-state index in [0.717, 1.165) is 27.8 Å². The van der Waals surface area contributed by atoms with Gasteiger partial charge < -0.3 is 5.11 Å². The lowest BCUT2D eigenvalue weighted by molar-refractivity contribution is 0.471. The van der Waals surface area contributed by atoms with Crippen LogP contribution >= 0.6 is 0 Å². The second-order valence-corrected chi connectivity index (χ2v) is 3.77. The van der Waals surface area contributed by atoms with Crippen molar-refractivity contribution in [3.63, 3.8) is 0 Å². The largest absolute Gasteiger partial charge is 0.507 e. The van der Waals surface area contributed by atoms with Gasteiger partial charge in [-0.3, -0.25) is 0 Å². The van der Waals surface area contributed by atoms with Crippen LogP contribution in [-0.4, -0.2) is 5.11 Å². The van der Waals surface area contributed by atoms with E-state index >= 15 is 0 Å². The first kappa shape index (κ1) is 10.6. The lowest BCUT2D eigenvalue weighted by Crippen LogP contribution is -1.88. The van der Waals surface area contributed by atoms with Crippen molar-refractivity contribution in [3.05, 3.63) is 42.0 Å². The highest BCUT2D eigenvalue weighted by Gasteiger charge is 2.09. The smallest absolute Gasteiger partial charge is 0.130 e. The highest BCUT2D eigenvalue weighted by atomic mass is 16.3. The summed E-state index contributed by atoms with van der Waals surface area (Å²) in [5, 5.41) is 9.93. The van der Waals surface area contributed by atoms with E-state index in [4.69, 9.17) is 0 Å². The highest BCUT2D eigenvalue weighted by Crippen LogP contribution is 2.32. The predicted molar refractivity (Wildman–Crippen MR) is 62.3 cm³/mol. The molecule has 0 aliphatic heterocycles. The Morgan fingerprint density at radius 2 is 1.43 bits per heavy atom. The van der Waals surface area contributed by atoms with Gasteiger partial charge in [0, 0.05) is 11.1 Å². The van der Waals surface area contributed by atoms with Crippen molar-refractivity contribution in [1.29, 1.82) is 0 Å². The number of allylic oxidation sites excluding steroid dienone is 2. The molecule has 0 bridgehead atoms. The van der Waals surface area contributed by atoms with Gasteiger partial charge in [-0.05, 0) is 49.6 Å². The highest BCUT2D eigenvalue weighted by molar-refractivity contribution is 5.77. The summed E-state index contributed by atoms with van der Waals surface area (Å²) in [6.45, 7) is 13.4. The molecule has 0 saturated carbocycles. The molecule has 0 saturated heterocycles. The van der Waals surface area contributed by atoms with E-state index in [1.165, 1.54) is 0 Å². The molecule has 1 rings (SSSR count). The number of hydrogen-bond acceptors (Lipinski definition) is 1. The predicted octanol–water partition coefficient (Wildman–Crippen LogP) is 3.77. The fourth-order valence-electron chi connectivity index (χ4n) is 1.43. The Kier molecular flexibility index (Phi) is 2.80. The van der Waals surface area contributed by atoms with Crippen molar-refractivity contribution in [3.8, 4) is 5.75 Å². The lowest BCUT2D eigenvalue weighted by atomic mass is 9.97. The van der Waals surface area contributed by atoms with Gasteiger partial charge >= 0.3 is 0 Å². The van der Waals surface area contributed by atoms with E-state index in [0.29, 0.717) is 0 Å². The molecule has 0 atom stereocenters. The maximum Gasteiger partial charge on any atom is 0.130 e. The average molecular weight is 188 g/mol. The molecule has 1 aromatic carbocycles. The van der Waals surface area contributed by atoms with Gasteiger partial charge in [0.05, 0.1) is 0 Å². The van der Waals surface area contributed by atoms with E-state index in [1.807, 2.05) is 32.9 Å². The summed E-state index contributed by atoms with van der Waals surface area (Å²) in [5.41, 5.74) is 4.47. The van der Waals surface area contributed by atoms with E-state index in [2.05, 4.69) is 13.2 Å². The van der Waals surface area contributed by atoms with Crippen LogP contribution in [0.3, 0.4) is 0 Å². The Hall–Kier alpha value is -1.50. The zero-order chi connectivity index (χ0) is 10.9. The topological polar surface area (TPSA) is 20.2 Å². The van der Waals surface area contributed by atoms with Crippen molar-refractivity contribution in [2.24, 2.45) is 0 Å². The molecule has 0 radical (unpaired) electrons. The summed E-state index contributed by atoms with van der Waals surface area (Å²) in [6.07, 6.45) is 0. The van der Waals surface area contributed by atoms with Gasteiger partial charge in [0.25, 0.3) is 0 Å². The monoisotopic (exact) mass is 188 g/mol. The maximum absolute atomic E-state index is 9.93. The Bertz CT molecular complexity index is 365. The van der Waals surface area contributed by atoms with Crippen LogP contribution in [0.1, 0.15) is 30.5 Å². The molecule has 1 N–H and O–H groups in total. The first-order chi connectivity index (χ1) is 6.43. The second kappa shape index (κ2) is 3.70. The molecule has 1 nitrogen and oxygen atoms in total. The Morgan fingerprint density at radius 3 is 1.71 bits per heavy atom. The summed E-state index contributed by atoms with van der Waals surface area (Å²) in [7, 11) is 0. The quantitative estimate of drug-likeness (QED) is 0.749. The standard InChI is InChI=1S/C13H16O/c1-8(2)11-6-10(5)7-12(9(3)4)13(11)14/h6-7,14H,1,3H2,2,4-5H3. The van der Waals surface area contributed by atoms with E-state index < -0.39 is 0 Å². The van der Waals surface area contributed by atoms with Crippen molar-refractivity contribution in [2.45, 2.75) is 20.8 Å². The van der Waals surface area contributed by atoms with Crippen LogP contribution in [0, 0.1) is 6.92 Å². The fraction of sp³-hybridized carbons (Fsp3) is 0.231. The molecule has 0 aromatic heterocycles. The van der Waals surface area contributed by atoms with Crippen molar-refractivity contribution >= 4 is 11.1 Å². The number of aromatic hydroxyl groups is 1. The van der Waals surface area contributed by atoms with Crippen LogP contribution < -0.4 is 0 Å². The molecule has 0 aliphatic carbocycles. The summed E-state index contributed by atoms with van der Waals surface area (Å²) >= 11 is 0. The number of rotatable bonds is 2.